The topological polar surface area (TPSA) is 75.3 Å². The van der Waals surface area contributed by atoms with Crippen LogP contribution in [0.2, 0.25) is 0 Å². The number of nitrogens with two attached hydrogens (primary N) is 1. The molecule has 1 aromatic rings. The summed E-state index contributed by atoms with van der Waals surface area (Å²) in [6.07, 6.45) is 0.379. The summed E-state index contributed by atoms with van der Waals surface area (Å²) in [4.78, 5) is 11.1. The van der Waals surface area contributed by atoms with Crippen LogP contribution in [0, 0.1) is 0 Å². The molecule has 80 valence electrons. The van der Waals surface area contributed by atoms with Gasteiger partial charge in [0.25, 0.3) is 0 Å². The number of amides is 1. The molecular weight excluding hydrogens is 192 g/mol. The average Bonchev–Trinajstić information content (AvgIpc) is 2.56. The molecule has 1 heterocycles. The van der Waals surface area contributed by atoms with Crippen molar-refractivity contribution in [3.63, 3.8) is 0 Å². The standard InChI is InChI=1S/C11H14N2O2/c1-11(15,6-12)8-2-3-9-7(4-8)5-10(14)13-9/h2-4,15H,5-6,12H2,1H3,(H,13,14). The molecule has 4 N–H and O–H groups in total. The molecule has 1 atom stereocenters. The van der Waals surface area contributed by atoms with Gasteiger partial charge < -0.3 is 16.2 Å². The third-order valence-corrected chi connectivity index (χ3v) is 2.75. The predicted octanol–water partition coefficient (Wildman–Crippen LogP) is 0.347. The van der Waals surface area contributed by atoms with Crippen molar-refractivity contribution in [3.8, 4) is 0 Å². The van der Waals surface area contributed by atoms with E-state index in [9.17, 15) is 9.90 Å². The number of fused-ring (bicyclic) bond motifs is 1. The van der Waals surface area contributed by atoms with Gasteiger partial charge in [0.1, 0.15) is 0 Å². The third-order valence-electron chi connectivity index (χ3n) is 2.75. The van der Waals surface area contributed by atoms with Gasteiger partial charge in [-0.3, -0.25) is 4.79 Å². The van der Waals surface area contributed by atoms with Gasteiger partial charge in [-0.25, -0.2) is 0 Å². The summed E-state index contributed by atoms with van der Waals surface area (Å²) in [6.45, 7) is 1.83. The Labute approximate surface area is 88.1 Å². The lowest BCUT2D eigenvalue weighted by molar-refractivity contribution is -0.115. The van der Waals surface area contributed by atoms with E-state index in [1.165, 1.54) is 0 Å². The molecule has 1 aliphatic rings. The van der Waals surface area contributed by atoms with Crippen LogP contribution in [0.5, 0.6) is 0 Å². The van der Waals surface area contributed by atoms with Crippen molar-refractivity contribution in [2.45, 2.75) is 18.9 Å². The minimum atomic E-state index is -1.03. The number of carbonyl (C=O) groups is 1. The highest BCUT2D eigenvalue weighted by molar-refractivity contribution is 5.99. The van der Waals surface area contributed by atoms with Crippen molar-refractivity contribution < 1.29 is 9.90 Å². The van der Waals surface area contributed by atoms with Gasteiger partial charge in [-0.1, -0.05) is 12.1 Å². The second-order valence-electron chi connectivity index (χ2n) is 4.07. The molecule has 4 nitrogen and oxygen atoms in total. The molecule has 1 unspecified atom stereocenters. The molecule has 2 rings (SSSR count). The Balaban J connectivity index is 2.39. The highest BCUT2D eigenvalue weighted by Gasteiger charge is 2.24. The molecule has 0 saturated heterocycles. The zero-order chi connectivity index (χ0) is 11.1. The Morgan fingerprint density at radius 2 is 2.33 bits per heavy atom. The summed E-state index contributed by atoms with van der Waals surface area (Å²) in [5.41, 5.74) is 6.95. The van der Waals surface area contributed by atoms with Crippen LogP contribution in [0.1, 0.15) is 18.1 Å². The number of nitrogens with one attached hydrogen (secondary N) is 1. The maximum absolute atomic E-state index is 11.1. The van der Waals surface area contributed by atoms with Crippen LogP contribution >= 0.6 is 0 Å². The van der Waals surface area contributed by atoms with Gasteiger partial charge >= 0.3 is 0 Å². The van der Waals surface area contributed by atoms with Gasteiger partial charge in [0.2, 0.25) is 5.91 Å². The number of hydrogen-bond acceptors (Lipinski definition) is 3. The highest BCUT2D eigenvalue weighted by Crippen LogP contribution is 2.28. The molecule has 0 aliphatic carbocycles. The van der Waals surface area contributed by atoms with Gasteiger partial charge in [-0.15, -0.1) is 0 Å². The first-order valence-electron chi connectivity index (χ1n) is 4.88. The summed E-state index contributed by atoms with van der Waals surface area (Å²) in [5.74, 6) is -0.00505. The van der Waals surface area contributed by atoms with Gasteiger partial charge in [0.15, 0.2) is 0 Å². The number of rotatable bonds is 2. The summed E-state index contributed by atoms with van der Waals surface area (Å²) >= 11 is 0. The largest absolute Gasteiger partial charge is 0.384 e. The van der Waals surface area contributed by atoms with Crippen molar-refractivity contribution in [1.82, 2.24) is 0 Å². The van der Waals surface area contributed by atoms with Crippen molar-refractivity contribution in [2.24, 2.45) is 5.73 Å². The minimum absolute atomic E-state index is 0.00505. The smallest absolute Gasteiger partial charge is 0.228 e. The van der Waals surface area contributed by atoms with E-state index in [0.717, 1.165) is 16.8 Å². The van der Waals surface area contributed by atoms with E-state index in [0.29, 0.717) is 6.42 Å². The molecular formula is C11H14N2O2. The SMILES string of the molecule is CC(O)(CN)c1ccc2c(c1)CC(=O)N2. The van der Waals surface area contributed by atoms with Crippen LogP contribution in [-0.2, 0) is 16.8 Å². The fourth-order valence-corrected chi connectivity index (χ4v) is 1.68. The minimum Gasteiger partial charge on any atom is -0.384 e. The van der Waals surface area contributed by atoms with Crippen molar-refractivity contribution in [1.29, 1.82) is 0 Å². The van der Waals surface area contributed by atoms with Crippen LogP contribution in [-0.4, -0.2) is 17.6 Å². The van der Waals surface area contributed by atoms with E-state index >= 15 is 0 Å². The maximum atomic E-state index is 11.1. The molecule has 1 amide bonds. The number of benzene rings is 1. The first-order chi connectivity index (χ1) is 7.03. The Morgan fingerprint density at radius 1 is 1.60 bits per heavy atom. The van der Waals surface area contributed by atoms with Crippen molar-refractivity contribution in [2.75, 3.05) is 11.9 Å². The lowest BCUT2D eigenvalue weighted by Gasteiger charge is -2.22. The Hall–Kier alpha value is -1.39. The van der Waals surface area contributed by atoms with Gasteiger partial charge in [-0.05, 0) is 24.1 Å². The zero-order valence-corrected chi connectivity index (χ0v) is 8.58. The summed E-state index contributed by atoms with van der Waals surface area (Å²) < 4.78 is 0. The van der Waals surface area contributed by atoms with E-state index in [2.05, 4.69) is 5.32 Å². The molecule has 4 heteroatoms. The average molecular weight is 206 g/mol. The van der Waals surface area contributed by atoms with Crippen LogP contribution in [0.25, 0.3) is 0 Å². The van der Waals surface area contributed by atoms with Crippen LogP contribution in [0.15, 0.2) is 18.2 Å². The number of hydrogen-bond donors (Lipinski definition) is 3. The predicted molar refractivity (Wildman–Crippen MR) is 57.4 cm³/mol. The molecule has 0 radical (unpaired) electrons. The zero-order valence-electron chi connectivity index (χ0n) is 8.58. The molecule has 0 saturated carbocycles. The monoisotopic (exact) mass is 206 g/mol. The normalized spacial score (nSPS) is 18.2. The molecule has 0 spiro atoms. The van der Waals surface area contributed by atoms with Gasteiger partial charge in [0, 0.05) is 12.2 Å². The lowest BCUT2D eigenvalue weighted by atomic mass is 9.94. The Kier molecular flexibility index (Phi) is 2.25. The van der Waals surface area contributed by atoms with Gasteiger partial charge in [-0.2, -0.15) is 0 Å². The van der Waals surface area contributed by atoms with Crippen LogP contribution < -0.4 is 11.1 Å². The lowest BCUT2D eigenvalue weighted by Crippen LogP contribution is -2.31. The second kappa shape index (κ2) is 3.32. The summed E-state index contributed by atoms with van der Waals surface area (Å²) in [5, 5.41) is 12.7. The van der Waals surface area contributed by atoms with E-state index < -0.39 is 5.60 Å². The first kappa shape index (κ1) is 10.1. The maximum Gasteiger partial charge on any atom is 0.228 e. The number of aliphatic hydroxyl groups is 1. The first-order valence-corrected chi connectivity index (χ1v) is 4.88. The van der Waals surface area contributed by atoms with Gasteiger partial charge in [0.05, 0.1) is 12.0 Å². The number of anilines is 1. The Morgan fingerprint density at radius 3 is 3.00 bits per heavy atom. The quantitative estimate of drug-likeness (QED) is 0.653. The Bertz CT molecular complexity index is 413. The van der Waals surface area contributed by atoms with Crippen LogP contribution in [0.4, 0.5) is 5.69 Å². The van der Waals surface area contributed by atoms with E-state index in [1.807, 2.05) is 6.07 Å². The van der Waals surface area contributed by atoms with Crippen molar-refractivity contribution in [3.05, 3.63) is 29.3 Å². The summed E-state index contributed by atoms with van der Waals surface area (Å²) in [7, 11) is 0. The van der Waals surface area contributed by atoms with E-state index in [4.69, 9.17) is 5.73 Å². The molecule has 0 fully saturated rings. The highest BCUT2D eigenvalue weighted by atomic mass is 16.3. The van der Waals surface area contributed by atoms with E-state index in [1.54, 1.807) is 19.1 Å². The molecule has 0 bridgehead atoms. The molecule has 0 aromatic heterocycles. The fraction of sp³-hybridized carbons (Fsp3) is 0.364. The van der Waals surface area contributed by atoms with Crippen LogP contribution in [0.3, 0.4) is 0 Å². The van der Waals surface area contributed by atoms with Crippen molar-refractivity contribution >= 4 is 11.6 Å². The third kappa shape index (κ3) is 1.73. The molecule has 1 aromatic carbocycles. The fourth-order valence-electron chi connectivity index (χ4n) is 1.68. The molecule has 15 heavy (non-hydrogen) atoms. The summed E-state index contributed by atoms with van der Waals surface area (Å²) in [6, 6.07) is 5.43. The number of carbonyl (C=O) groups excluding carboxylic acids is 1. The molecule has 1 aliphatic heterocycles. The second-order valence-corrected chi connectivity index (χ2v) is 4.07. The van der Waals surface area contributed by atoms with E-state index in [-0.39, 0.29) is 12.5 Å².